The molecule has 156 valence electrons. The van der Waals surface area contributed by atoms with E-state index in [1.165, 1.54) is 11.3 Å². The summed E-state index contributed by atoms with van der Waals surface area (Å²) in [5.41, 5.74) is 2.29. The van der Waals surface area contributed by atoms with Crippen LogP contribution in [-0.2, 0) is 21.6 Å². The van der Waals surface area contributed by atoms with Crippen molar-refractivity contribution in [2.75, 3.05) is 19.0 Å². The lowest BCUT2D eigenvalue weighted by molar-refractivity contribution is -0.117. The van der Waals surface area contributed by atoms with Crippen LogP contribution in [0.1, 0.15) is 29.2 Å². The minimum Gasteiger partial charge on any atom is -0.489 e. The molecule has 1 saturated carbocycles. The Kier molecular flexibility index (Phi) is 5.78. The van der Waals surface area contributed by atoms with Crippen molar-refractivity contribution in [2.24, 2.45) is 5.92 Å². The van der Waals surface area contributed by atoms with E-state index in [0.29, 0.717) is 42.0 Å². The lowest BCUT2D eigenvalue weighted by atomic mass is 9.94. The van der Waals surface area contributed by atoms with Crippen LogP contribution in [0.15, 0.2) is 41.9 Å². The van der Waals surface area contributed by atoms with Gasteiger partial charge in [0.15, 0.2) is 10.9 Å². The number of carbonyl (C=O) groups is 1. The third-order valence-corrected chi connectivity index (χ3v) is 6.18. The largest absolute Gasteiger partial charge is 0.489 e. The molecule has 3 aromatic rings. The summed E-state index contributed by atoms with van der Waals surface area (Å²) in [6.07, 6.45) is 2.38. The zero-order chi connectivity index (χ0) is 21.1. The van der Waals surface area contributed by atoms with Crippen LogP contribution in [0.5, 0.6) is 5.75 Å². The number of thiazole rings is 1. The second kappa shape index (κ2) is 8.49. The first-order valence-electron chi connectivity index (χ1n) is 9.74. The van der Waals surface area contributed by atoms with Crippen molar-refractivity contribution in [1.82, 2.24) is 15.0 Å². The second-order valence-electron chi connectivity index (χ2n) is 7.51. The fourth-order valence-electron chi connectivity index (χ4n) is 3.66. The van der Waals surface area contributed by atoms with E-state index < -0.39 is 5.41 Å². The standard InChI is InChI=1S/C22H24N4O3S/c1-14-12-30-21(24-14)26-20(27)17-9-22(17,16-7-5-4-6-8-16)13-29-19-10-23-15(2)25-18(19)11-28-3/h4-8,10,12,17H,9,11,13H2,1-3H3,(H,24,26,27)/t17?,22-/m1/s1. The summed E-state index contributed by atoms with van der Waals surface area (Å²) in [6, 6.07) is 10.0. The molecule has 0 bridgehead atoms. The molecule has 4 rings (SSSR count). The van der Waals surface area contributed by atoms with Gasteiger partial charge in [-0.3, -0.25) is 4.79 Å². The Morgan fingerprint density at radius 2 is 2.07 bits per heavy atom. The van der Waals surface area contributed by atoms with Crippen molar-refractivity contribution in [1.29, 1.82) is 0 Å². The van der Waals surface area contributed by atoms with E-state index in [-0.39, 0.29) is 11.8 Å². The van der Waals surface area contributed by atoms with Crippen LogP contribution in [0.4, 0.5) is 5.13 Å². The molecular formula is C22H24N4O3S. The monoisotopic (exact) mass is 424 g/mol. The predicted octanol–water partition coefficient (Wildman–Crippen LogP) is 3.67. The quantitative estimate of drug-likeness (QED) is 0.594. The first-order chi connectivity index (χ1) is 14.5. The lowest BCUT2D eigenvalue weighted by Gasteiger charge is -2.20. The number of benzene rings is 1. The fourth-order valence-corrected chi connectivity index (χ4v) is 4.35. The van der Waals surface area contributed by atoms with Gasteiger partial charge in [-0.05, 0) is 25.8 Å². The molecule has 1 aliphatic rings. The van der Waals surface area contributed by atoms with E-state index in [4.69, 9.17) is 9.47 Å². The molecule has 7 nitrogen and oxygen atoms in total. The molecule has 0 aliphatic heterocycles. The number of nitrogens with zero attached hydrogens (tertiary/aromatic N) is 3. The highest BCUT2D eigenvalue weighted by Crippen LogP contribution is 2.55. The Morgan fingerprint density at radius 1 is 1.27 bits per heavy atom. The highest BCUT2D eigenvalue weighted by molar-refractivity contribution is 7.13. The van der Waals surface area contributed by atoms with Gasteiger partial charge < -0.3 is 14.8 Å². The Morgan fingerprint density at radius 3 is 2.77 bits per heavy atom. The molecule has 0 radical (unpaired) electrons. The van der Waals surface area contributed by atoms with Crippen LogP contribution in [0.25, 0.3) is 0 Å². The molecule has 0 spiro atoms. The summed E-state index contributed by atoms with van der Waals surface area (Å²) in [5, 5.41) is 5.50. The number of methoxy groups -OCH3 is 1. The minimum atomic E-state index is -0.396. The van der Waals surface area contributed by atoms with Crippen LogP contribution in [-0.4, -0.2) is 34.6 Å². The number of hydrogen-bond donors (Lipinski definition) is 1. The van der Waals surface area contributed by atoms with Crippen molar-refractivity contribution in [3.05, 3.63) is 64.7 Å². The van der Waals surface area contributed by atoms with Crippen molar-refractivity contribution in [2.45, 2.75) is 32.3 Å². The van der Waals surface area contributed by atoms with Gasteiger partial charge in [-0.25, -0.2) is 15.0 Å². The molecule has 1 amide bonds. The normalized spacial score (nSPS) is 20.0. The third-order valence-electron chi connectivity index (χ3n) is 5.31. The molecule has 8 heteroatoms. The zero-order valence-electron chi connectivity index (χ0n) is 17.2. The lowest BCUT2D eigenvalue weighted by Crippen LogP contribution is -2.26. The molecule has 1 aromatic carbocycles. The van der Waals surface area contributed by atoms with E-state index in [1.54, 1.807) is 13.3 Å². The molecule has 1 aliphatic carbocycles. The zero-order valence-corrected chi connectivity index (χ0v) is 18.0. The number of amides is 1. The fraction of sp³-hybridized carbons (Fsp3) is 0.364. The van der Waals surface area contributed by atoms with Crippen molar-refractivity contribution in [3.63, 3.8) is 0 Å². The van der Waals surface area contributed by atoms with E-state index in [9.17, 15) is 4.79 Å². The number of nitrogens with one attached hydrogen (secondary N) is 1. The minimum absolute atomic E-state index is 0.0333. The summed E-state index contributed by atoms with van der Waals surface area (Å²) in [4.78, 5) is 26.0. The Labute approximate surface area is 179 Å². The highest BCUT2D eigenvalue weighted by Gasteiger charge is 2.60. The summed E-state index contributed by atoms with van der Waals surface area (Å²) >= 11 is 1.43. The Balaban J connectivity index is 1.54. The van der Waals surface area contributed by atoms with Crippen LogP contribution in [0, 0.1) is 19.8 Å². The number of carbonyl (C=O) groups excluding carboxylic acids is 1. The van der Waals surface area contributed by atoms with Crippen LogP contribution in [0.3, 0.4) is 0 Å². The second-order valence-corrected chi connectivity index (χ2v) is 8.37. The Hall–Kier alpha value is -2.84. The summed E-state index contributed by atoms with van der Waals surface area (Å²) in [6.45, 7) is 4.43. The molecule has 1 unspecified atom stereocenters. The van der Waals surface area contributed by atoms with Crippen LogP contribution >= 0.6 is 11.3 Å². The maximum absolute atomic E-state index is 13.0. The molecule has 2 atom stereocenters. The van der Waals surface area contributed by atoms with E-state index in [1.807, 2.05) is 49.6 Å². The Bertz CT molecular complexity index is 1040. The number of hydrogen-bond acceptors (Lipinski definition) is 7. The predicted molar refractivity (Wildman–Crippen MR) is 115 cm³/mol. The molecule has 1 N–H and O–H groups in total. The molecule has 2 heterocycles. The number of ether oxygens (including phenoxy) is 2. The number of anilines is 1. The van der Waals surface area contributed by atoms with Crippen molar-refractivity contribution >= 4 is 22.4 Å². The van der Waals surface area contributed by atoms with Gasteiger partial charge in [0.1, 0.15) is 11.5 Å². The van der Waals surface area contributed by atoms with Gasteiger partial charge in [0.25, 0.3) is 0 Å². The summed E-state index contributed by atoms with van der Waals surface area (Å²) < 4.78 is 11.4. The highest BCUT2D eigenvalue weighted by atomic mass is 32.1. The molecule has 1 fully saturated rings. The average molecular weight is 425 g/mol. The van der Waals surface area contributed by atoms with Crippen LogP contribution in [0.2, 0.25) is 0 Å². The first kappa shape index (κ1) is 20.4. The van der Waals surface area contributed by atoms with Crippen molar-refractivity contribution < 1.29 is 14.3 Å². The smallest absolute Gasteiger partial charge is 0.230 e. The number of aromatic nitrogens is 3. The molecule has 2 aromatic heterocycles. The molecule has 0 saturated heterocycles. The van der Waals surface area contributed by atoms with E-state index >= 15 is 0 Å². The van der Waals surface area contributed by atoms with E-state index in [0.717, 1.165) is 11.3 Å². The number of aryl methyl sites for hydroxylation is 2. The number of rotatable bonds is 8. The maximum Gasteiger partial charge on any atom is 0.230 e. The van der Waals surface area contributed by atoms with Gasteiger partial charge in [-0.2, -0.15) is 0 Å². The van der Waals surface area contributed by atoms with Gasteiger partial charge in [0.2, 0.25) is 5.91 Å². The maximum atomic E-state index is 13.0. The summed E-state index contributed by atoms with van der Waals surface area (Å²) in [5.74, 6) is 1.02. The van der Waals surface area contributed by atoms with Gasteiger partial charge in [-0.1, -0.05) is 30.3 Å². The first-order valence-corrected chi connectivity index (χ1v) is 10.6. The van der Waals surface area contributed by atoms with Gasteiger partial charge in [-0.15, -0.1) is 11.3 Å². The van der Waals surface area contributed by atoms with Gasteiger partial charge >= 0.3 is 0 Å². The van der Waals surface area contributed by atoms with Gasteiger partial charge in [0.05, 0.1) is 31.0 Å². The molecule has 30 heavy (non-hydrogen) atoms. The summed E-state index contributed by atoms with van der Waals surface area (Å²) in [7, 11) is 1.62. The average Bonchev–Trinajstić information content (AvgIpc) is 3.35. The topological polar surface area (TPSA) is 86.2 Å². The van der Waals surface area contributed by atoms with E-state index in [2.05, 4.69) is 20.3 Å². The van der Waals surface area contributed by atoms with Crippen LogP contribution < -0.4 is 10.1 Å². The SMILES string of the molecule is COCc1nc(C)ncc1OC[C@@]1(c2ccccc2)CC1C(=O)Nc1nc(C)cs1. The van der Waals surface area contributed by atoms with Crippen molar-refractivity contribution in [3.8, 4) is 5.75 Å². The third kappa shape index (κ3) is 4.20. The molecular weight excluding hydrogens is 400 g/mol. The van der Waals surface area contributed by atoms with Gasteiger partial charge in [0, 0.05) is 17.9 Å².